The van der Waals surface area contributed by atoms with Gasteiger partial charge in [-0.1, -0.05) is 65.7 Å². The standard InChI is InChI=1S/C34H35Cl2N3O5S/c1-3-37-34(41)32(22-25-9-6-5-7-10-25)38(23-26-11-8-12-28(36)21-26)33(40)24-39(29-15-17-30(18-16-29)44-4-2)45(42,43)31-19-13-27(35)14-20-31/h5-21,32H,3-4,22-24H2,1-2H3,(H,37,41)/t32-/m0/s1. The topological polar surface area (TPSA) is 96.0 Å². The first-order valence-corrected chi connectivity index (χ1v) is 16.7. The Bertz CT molecular complexity index is 1690. The fourth-order valence-corrected chi connectivity index (χ4v) is 6.57. The molecule has 1 atom stereocenters. The van der Waals surface area contributed by atoms with Crippen molar-refractivity contribution in [1.82, 2.24) is 10.2 Å². The van der Waals surface area contributed by atoms with Gasteiger partial charge in [-0.2, -0.15) is 0 Å². The average Bonchev–Trinajstić information content (AvgIpc) is 3.03. The molecule has 45 heavy (non-hydrogen) atoms. The van der Waals surface area contributed by atoms with Crippen molar-refractivity contribution in [3.63, 3.8) is 0 Å². The van der Waals surface area contributed by atoms with Gasteiger partial charge in [0, 0.05) is 29.6 Å². The van der Waals surface area contributed by atoms with Crippen LogP contribution in [0.2, 0.25) is 10.0 Å². The molecule has 236 valence electrons. The molecule has 0 saturated carbocycles. The SMILES string of the molecule is CCNC(=O)[C@H](Cc1ccccc1)N(Cc1cccc(Cl)c1)C(=O)CN(c1ccc(OCC)cc1)S(=O)(=O)c1ccc(Cl)cc1. The van der Waals surface area contributed by atoms with Gasteiger partial charge in [0.1, 0.15) is 18.3 Å². The Morgan fingerprint density at radius 1 is 0.822 bits per heavy atom. The van der Waals surface area contributed by atoms with Crippen molar-refractivity contribution < 1.29 is 22.7 Å². The number of halogens is 2. The van der Waals surface area contributed by atoms with E-state index in [1.54, 1.807) is 55.5 Å². The summed E-state index contributed by atoms with van der Waals surface area (Å²) in [6.45, 7) is 3.88. The minimum Gasteiger partial charge on any atom is -0.494 e. The summed E-state index contributed by atoms with van der Waals surface area (Å²) in [7, 11) is -4.25. The van der Waals surface area contributed by atoms with Crippen molar-refractivity contribution >= 4 is 50.7 Å². The van der Waals surface area contributed by atoms with Crippen LogP contribution in [0, 0.1) is 0 Å². The van der Waals surface area contributed by atoms with E-state index in [4.69, 9.17) is 27.9 Å². The lowest BCUT2D eigenvalue weighted by molar-refractivity contribution is -0.140. The Morgan fingerprint density at radius 3 is 2.11 bits per heavy atom. The van der Waals surface area contributed by atoms with Gasteiger partial charge in [-0.15, -0.1) is 0 Å². The Kier molecular flexibility index (Phi) is 11.9. The second-order valence-corrected chi connectivity index (χ2v) is 12.9. The lowest BCUT2D eigenvalue weighted by Crippen LogP contribution is -2.53. The summed E-state index contributed by atoms with van der Waals surface area (Å²) in [5.41, 5.74) is 1.78. The molecule has 0 bridgehead atoms. The van der Waals surface area contributed by atoms with E-state index in [-0.39, 0.29) is 29.5 Å². The number of rotatable bonds is 14. The van der Waals surface area contributed by atoms with Crippen LogP contribution < -0.4 is 14.4 Å². The van der Waals surface area contributed by atoms with Crippen molar-refractivity contribution in [2.75, 3.05) is 24.0 Å². The third-order valence-corrected chi connectivity index (χ3v) is 9.26. The molecule has 0 aliphatic heterocycles. The zero-order chi connectivity index (χ0) is 32.4. The van der Waals surface area contributed by atoms with Crippen LogP contribution in [0.1, 0.15) is 25.0 Å². The molecule has 0 fully saturated rings. The first-order chi connectivity index (χ1) is 21.6. The van der Waals surface area contributed by atoms with Crippen LogP contribution in [0.3, 0.4) is 0 Å². The van der Waals surface area contributed by atoms with E-state index in [1.165, 1.54) is 29.2 Å². The highest BCUT2D eigenvalue weighted by atomic mass is 35.5. The first-order valence-electron chi connectivity index (χ1n) is 14.5. The maximum absolute atomic E-state index is 14.4. The van der Waals surface area contributed by atoms with Gasteiger partial charge in [0.05, 0.1) is 17.2 Å². The summed E-state index contributed by atoms with van der Waals surface area (Å²) >= 11 is 12.3. The van der Waals surface area contributed by atoms with Gasteiger partial charge < -0.3 is 15.0 Å². The summed E-state index contributed by atoms with van der Waals surface area (Å²) in [5.74, 6) is -0.378. The number of benzene rings is 4. The van der Waals surface area contributed by atoms with Crippen LogP contribution in [0.5, 0.6) is 5.75 Å². The predicted octanol–water partition coefficient (Wildman–Crippen LogP) is 6.36. The van der Waals surface area contributed by atoms with Crippen molar-refractivity contribution in [3.8, 4) is 5.75 Å². The molecule has 0 aliphatic carbocycles. The number of ether oxygens (including phenoxy) is 1. The number of nitrogens with one attached hydrogen (secondary N) is 1. The zero-order valence-electron chi connectivity index (χ0n) is 25.0. The predicted molar refractivity (Wildman–Crippen MR) is 178 cm³/mol. The summed E-state index contributed by atoms with van der Waals surface area (Å²) < 4.78 is 34.8. The molecule has 2 amide bonds. The van der Waals surface area contributed by atoms with E-state index in [9.17, 15) is 18.0 Å². The number of anilines is 1. The first kappa shape index (κ1) is 33.8. The molecule has 4 rings (SSSR count). The fraction of sp³-hybridized carbons (Fsp3) is 0.235. The number of carbonyl (C=O) groups excluding carboxylic acids is 2. The van der Waals surface area contributed by atoms with Crippen molar-refractivity contribution in [2.24, 2.45) is 0 Å². The molecular weight excluding hydrogens is 633 g/mol. The largest absolute Gasteiger partial charge is 0.494 e. The second kappa shape index (κ2) is 15.8. The molecule has 0 aromatic heterocycles. The van der Waals surface area contributed by atoms with Crippen molar-refractivity contribution in [1.29, 1.82) is 0 Å². The van der Waals surface area contributed by atoms with Crippen LogP contribution in [-0.2, 0) is 32.6 Å². The Morgan fingerprint density at radius 2 is 1.49 bits per heavy atom. The van der Waals surface area contributed by atoms with E-state index in [0.29, 0.717) is 34.5 Å². The fourth-order valence-electron chi connectivity index (χ4n) is 4.82. The minimum absolute atomic E-state index is 0.0200. The van der Waals surface area contributed by atoms with Gasteiger partial charge >= 0.3 is 0 Å². The molecule has 4 aromatic rings. The Balaban J connectivity index is 1.79. The van der Waals surface area contributed by atoms with Crippen molar-refractivity contribution in [2.45, 2.75) is 37.8 Å². The van der Waals surface area contributed by atoms with Crippen molar-refractivity contribution in [3.05, 3.63) is 124 Å². The Hall–Kier alpha value is -4.05. The maximum Gasteiger partial charge on any atom is 0.264 e. The molecule has 0 saturated heterocycles. The van der Waals surface area contributed by atoms with E-state index in [2.05, 4.69) is 5.32 Å². The van der Waals surface area contributed by atoms with E-state index in [0.717, 1.165) is 9.87 Å². The van der Waals surface area contributed by atoms with Gasteiger partial charge in [0.25, 0.3) is 10.0 Å². The quantitative estimate of drug-likeness (QED) is 0.169. The molecule has 0 spiro atoms. The molecule has 11 heteroatoms. The molecule has 0 radical (unpaired) electrons. The third kappa shape index (κ3) is 9.00. The zero-order valence-corrected chi connectivity index (χ0v) is 27.4. The van der Waals surface area contributed by atoms with Gasteiger partial charge in [0.15, 0.2) is 0 Å². The van der Waals surface area contributed by atoms with Crippen LogP contribution >= 0.6 is 23.2 Å². The molecule has 0 aliphatic rings. The molecular formula is C34H35Cl2N3O5S. The lowest BCUT2D eigenvalue weighted by atomic mass is 10.0. The summed E-state index contributed by atoms with van der Waals surface area (Å²) in [4.78, 5) is 29.4. The highest BCUT2D eigenvalue weighted by molar-refractivity contribution is 7.92. The molecule has 0 unspecified atom stereocenters. The maximum atomic E-state index is 14.4. The average molecular weight is 669 g/mol. The summed E-state index contributed by atoms with van der Waals surface area (Å²) in [5, 5.41) is 3.69. The van der Waals surface area contributed by atoms with Crippen LogP contribution in [0.4, 0.5) is 5.69 Å². The number of carbonyl (C=O) groups is 2. The van der Waals surface area contributed by atoms with Gasteiger partial charge in [-0.3, -0.25) is 13.9 Å². The van der Waals surface area contributed by atoms with Crippen LogP contribution in [-0.4, -0.2) is 50.9 Å². The Labute approximate surface area is 274 Å². The summed E-state index contributed by atoms with van der Waals surface area (Å²) in [6.07, 6.45) is 0.214. The monoisotopic (exact) mass is 667 g/mol. The van der Waals surface area contributed by atoms with E-state index < -0.39 is 28.5 Å². The molecule has 0 heterocycles. The number of nitrogens with zero attached hydrogens (tertiary/aromatic N) is 2. The highest BCUT2D eigenvalue weighted by Gasteiger charge is 2.34. The molecule has 4 aromatic carbocycles. The van der Waals surface area contributed by atoms with E-state index >= 15 is 0 Å². The van der Waals surface area contributed by atoms with Crippen LogP contribution in [0.15, 0.2) is 108 Å². The molecule has 1 N–H and O–H groups in total. The lowest BCUT2D eigenvalue weighted by Gasteiger charge is -2.34. The number of hydrogen-bond donors (Lipinski definition) is 1. The smallest absolute Gasteiger partial charge is 0.264 e. The minimum atomic E-state index is -4.25. The van der Waals surface area contributed by atoms with Gasteiger partial charge in [-0.25, -0.2) is 8.42 Å². The van der Waals surface area contributed by atoms with Gasteiger partial charge in [0.2, 0.25) is 11.8 Å². The normalized spacial score (nSPS) is 11.8. The summed E-state index contributed by atoms with van der Waals surface area (Å²) in [6, 6.07) is 27.6. The molecule has 8 nitrogen and oxygen atoms in total. The highest BCUT2D eigenvalue weighted by Crippen LogP contribution is 2.28. The third-order valence-electron chi connectivity index (χ3n) is 6.98. The van der Waals surface area contributed by atoms with E-state index in [1.807, 2.05) is 37.3 Å². The number of likely N-dealkylation sites (N-methyl/N-ethyl adjacent to an activating group) is 1. The second-order valence-electron chi connectivity index (χ2n) is 10.1. The number of sulfonamides is 1. The number of hydrogen-bond acceptors (Lipinski definition) is 5. The van der Waals surface area contributed by atoms with Crippen LogP contribution in [0.25, 0.3) is 0 Å². The van der Waals surface area contributed by atoms with Gasteiger partial charge in [-0.05, 0) is 85.6 Å². The number of amides is 2.